The Morgan fingerprint density at radius 3 is 1.07 bits per heavy atom. The molecule has 0 spiro atoms. The van der Waals surface area contributed by atoms with E-state index in [2.05, 4.69) is 43.5 Å². The summed E-state index contributed by atoms with van der Waals surface area (Å²) in [4.78, 5) is 12.5. The van der Waals surface area contributed by atoms with E-state index in [1.807, 2.05) is 0 Å². The fourth-order valence-electron chi connectivity index (χ4n) is 7.69. The van der Waals surface area contributed by atoms with Crippen molar-refractivity contribution in [2.45, 2.75) is 282 Å². The first-order valence-electron chi connectivity index (χ1n) is 24.7. The maximum atomic E-state index is 12.5. The highest BCUT2D eigenvalue weighted by Crippen LogP contribution is 2.16. The zero-order chi connectivity index (χ0) is 41.0. The number of hydrogen-bond acceptors (Lipinski definition) is 5. The summed E-state index contributed by atoms with van der Waals surface area (Å²) in [6.45, 7) is 4.06. The van der Waals surface area contributed by atoms with Crippen LogP contribution in [0.4, 0.5) is 0 Å². The first-order valence-corrected chi connectivity index (χ1v) is 24.7. The highest BCUT2D eigenvalue weighted by molar-refractivity contribution is 5.80. The van der Waals surface area contributed by atoms with Gasteiger partial charge in [0.15, 0.2) is 0 Å². The molecule has 6 nitrogen and oxygen atoms in total. The third kappa shape index (κ3) is 38.3. The first-order chi connectivity index (χ1) is 27.5. The second-order valence-electron chi connectivity index (χ2n) is 17.2. The van der Waals surface area contributed by atoms with Crippen molar-refractivity contribution < 1.29 is 25.2 Å². The number of aliphatic hydroxyl groups excluding tert-OH is 4. The normalized spacial score (nSPS) is 14.2. The van der Waals surface area contributed by atoms with Gasteiger partial charge in [0.2, 0.25) is 5.91 Å². The number of hydrogen-bond donors (Lipinski definition) is 5. The molecule has 0 aromatic carbocycles. The van der Waals surface area contributed by atoms with Crippen molar-refractivity contribution in [3.8, 4) is 0 Å². The summed E-state index contributed by atoms with van der Waals surface area (Å²) in [6, 6.07) is -1.00. The van der Waals surface area contributed by atoms with Gasteiger partial charge in [-0.2, -0.15) is 0 Å². The Labute approximate surface area is 348 Å². The lowest BCUT2D eigenvalue weighted by Gasteiger charge is -2.27. The van der Waals surface area contributed by atoms with Crippen molar-refractivity contribution in [2.24, 2.45) is 0 Å². The van der Waals surface area contributed by atoms with Crippen LogP contribution in [0, 0.1) is 0 Å². The van der Waals surface area contributed by atoms with Gasteiger partial charge >= 0.3 is 0 Å². The summed E-state index contributed by atoms with van der Waals surface area (Å²) in [5.41, 5.74) is 0. The number of nitrogens with one attached hydrogen (secondary N) is 1. The molecule has 332 valence electrons. The lowest BCUT2D eigenvalue weighted by molar-refractivity contribution is -0.132. The molecule has 1 amide bonds. The SMILES string of the molecule is CCCCCCCCCCCCC/C=C\CCCCCCCCC(O)C(=O)NC(CO)C(O)C(O)CCC/C=C/CCCCCCCCCCCCCCCC. The molecular weight excluding hydrogens is 695 g/mol. The molecule has 4 unspecified atom stereocenters. The monoisotopic (exact) mass is 792 g/mol. The Balaban J connectivity index is 3.73. The second kappa shape index (κ2) is 44.9. The van der Waals surface area contributed by atoms with Gasteiger partial charge in [-0.25, -0.2) is 0 Å². The number of amides is 1. The van der Waals surface area contributed by atoms with Crippen LogP contribution in [0.25, 0.3) is 0 Å². The number of rotatable bonds is 45. The van der Waals surface area contributed by atoms with Gasteiger partial charge in [-0.1, -0.05) is 218 Å². The van der Waals surface area contributed by atoms with Gasteiger partial charge in [0.05, 0.1) is 18.8 Å². The van der Waals surface area contributed by atoms with Crippen LogP contribution in [0.1, 0.15) is 258 Å². The van der Waals surface area contributed by atoms with Crippen LogP contribution < -0.4 is 5.32 Å². The molecule has 0 aromatic rings. The largest absolute Gasteiger partial charge is 0.394 e. The van der Waals surface area contributed by atoms with E-state index in [4.69, 9.17) is 0 Å². The number of carbonyl (C=O) groups is 1. The van der Waals surface area contributed by atoms with Gasteiger partial charge in [-0.15, -0.1) is 0 Å². The van der Waals surface area contributed by atoms with Crippen molar-refractivity contribution in [3.05, 3.63) is 24.3 Å². The van der Waals surface area contributed by atoms with E-state index in [-0.39, 0.29) is 0 Å². The van der Waals surface area contributed by atoms with Crippen LogP contribution in [0.2, 0.25) is 0 Å². The van der Waals surface area contributed by atoms with Crippen LogP contribution in [-0.2, 0) is 4.79 Å². The molecule has 0 fully saturated rings. The number of unbranched alkanes of at least 4 members (excludes halogenated alkanes) is 32. The Morgan fingerprint density at radius 2 is 0.732 bits per heavy atom. The molecule has 56 heavy (non-hydrogen) atoms. The molecule has 0 saturated carbocycles. The van der Waals surface area contributed by atoms with E-state index in [1.165, 1.54) is 186 Å². The fourth-order valence-corrected chi connectivity index (χ4v) is 7.69. The highest BCUT2D eigenvalue weighted by atomic mass is 16.3. The van der Waals surface area contributed by atoms with Gasteiger partial charge in [0.25, 0.3) is 0 Å². The van der Waals surface area contributed by atoms with Gasteiger partial charge in [0.1, 0.15) is 12.2 Å². The summed E-state index contributed by atoms with van der Waals surface area (Å²) in [6.07, 6.45) is 52.2. The molecule has 6 heteroatoms. The Bertz CT molecular complexity index is 847. The molecule has 0 aromatic heterocycles. The zero-order valence-corrected chi connectivity index (χ0v) is 37.4. The van der Waals surface area contributed by atoms with Crippen molar-refractivity contribution in [1.29, 1.82) is 0 Å². The quantitative estimate of drug-likeness (QED) is 0.0312. The second-order valence-corrected chi connectivity index (χ2v) is 17.2. The van der Waals surface area contributed by atoms with Crippen LogP contribution in [0.15, 0.2) is 24.3 Å². The third-order valence-electron chi connectivity index (χ3n) is 11.6. The Hall–Kier alpha value is -1.21. The van der Waals surface area contributed by atoms with Gasteiger partial charge in [-0.05, 0) is 64.2 Å². The molecule has 0 aliphatic carbocycles. The fraction of sp³-hybridized carbons (Fsp3) is 0.900. The van der Waals surface area contributed by atoms with Crippen molar-refractivity contribution in [1.82, 2.24) is 5.32 Å². The number of allylic oxidation sites excluding steroid dienone is 4. The topological polar surface area (TPSA) is 110 Å². The molecule has 0 saturated heterocycles. The molecule has 0 aliphatic rings. The van der Waals surface area contributed by atoms with Gasteiger partial charge < -0.3 is 25.7 Å². The summed E-state index contributed by atoms with van der Waals surface area (Å²) in [7, 11) is 0. The third-order valence-corrected chi connectivity index (χ3v) is 11.6. The van der Waals surface area contributed by atoms with E-state index >= 15 is 0 Å². The molecule has 5 N–H and O–H groups in total. The summed E-state index contributed by atoms with van der Waals surface area (Å²) < 4.78 is 0. The number of aliphatic hydroxyl groups is 4. The van der Waals surface area contributed by atoms with E-state index in [0.717, 1.165) is 44.9 Å². The van der Waals surface area contributed by atoms with Crippen LogP contribution in [0.3, 0.4) is 0 Å². The maximum absolute atomic E-state index is 12.5. The first kappa shape index (κ1) is 54.8. The lowest BCUT2D eigenvalue weighted by Crippen LogP contribution is -2.53. The zero-order valence-electron chi connectivity index (χ0n) is 37.4. The van der Waals surface area contributed by atoms with Crippen LogP contribution in [-0.4, -0.2) is 57.3 Å². The smallest absolute Gasteiger partial charge is 0.249 e. The van der Waals surface area contributed by atoms with Crippen LogP contribution >= 0.6 is 0 Å². The van der Waals surface area contributed by atoms with E-state index in [0.29, 0.717) is 12.8 Å². The van der Waals surface area contributed by atoms with Crippen molar-refractivity contribution in [2.75, 3.05) is 6.61 Å². The maximum Gasteiger partial charge on any atom is 0.249 e. The minimum atomic E-state index is -1.28. The predicted octanol–water partition coefficient (Wildman–Crippen LogP) is 13.5. The molecule has 0 aliphatic heterocycles. The molecule has 4 atom stereocenters. The van der Waals surface area contributed by atoms with E-state index in [9.17, 15) is 25.2 Å². The Morgan fingerprint density at radius 1 is 0.429 bits per heavy atom. The van der Waals surface area contributed by atoms with Crippen molar-refractivity contribution in [3.63, 3.8) is 0 Å². The van der Waals surface area contributed by atoms with Gasteiger partial charge in [-0.3, -0.25) is 4.79 Å². The number of carbonyl (C=O) groups excluding carboxylic acids is 1. The van der Waals surface area contributed by atoms with Crippen molar-refractivity contribution >= 4 is 5.91 Å². The standard InChI is InChI=1S/C50H97NO5/c1-3-5-7-9-11-13-15-17-19-21-23-24-26-28-30-32-34-36-38-40-42-44-48(54)50(56)51-46(45-52)49(55)47(53)43-41-39-37-35-33-31-29-27-25-22-20-18-16-14-12-10-8-6-4-2/h26,28,35,37,46-49,52-55H,3-25,27,29-34,36,38-45H2,1-2H3,(H,51,56)/b28-26-,37-35+. The molecule has 0 radical (unpaired) electrons. The minimum absolute atomic E-state index is 0.357. The molecule has 0 bridgehead atoms. The molecule has 0 heterocycles. The van der Waals surface area contributed by atoms with E-state index < -0.39 is 36.9 Å². The summed E-state index contributed by atoms with van der Waals surface area (Å²) >= 11 is 0. The van der Waals surface area contributed by atoms with Crippen LogP contribution in [0.5, 0.6) is 0 Å². The lowest BCUT2D eigenvalue weighted by atomic mass is 10.00. The molecule has 0 rings (SSSR count). The summed E-state index contributed by atoms with van der Waals surface area (Å²) in [5, 5.41) is 43.8. The van der Waals surface area contributed by atoms with E-state index in [1.54, 1.807) is 0 Å². The average molecular weight is 792 g/mol. The Kier molecular flexibility index (Phi) is 43.9. The molecular formula is C50H97NO5. The minimum Gasteiger partial charge on any atom is -0.394 e. The average Bonchev–Trinajstić information content (AvgIpc) is 3.20. The summed E-state index contributed by atoms with van der Waals surface area (Å²) in [5.74, 6) is -0.596. The predicted molar refractivity (Wildman–Crippen MR) is 242 cm³/mol. The highest BCUT2D eigenvalue weighted by Gasteiger charge is 2.28. The van der Waals surface area contributed by atoms with Gasteiger partial charge in [0, 0.05) is 0 Å².